The standard InChI is InChI=1S/C8H9N.C3H3NO/c1-2-4-8-7(3-1)5-6-9-8;1-2-4-5-3-1/h1-4,9H,5-6H2;1-3H. The van der Waals surface area contributed by atoms with Crippen LogP contribution in [0.15, 0.2) is 47.3 Å². The first-order valence-electron chi connectivity index (χ1n) is 4.63. The fourth-order valence-corrected chi connectivity index (χ4v) is 1.42. The molecule has 0 saturated heterocycles. The van der Waals surface area contributed by atoms with Crippen molar-refractivity contribution in [1.82, 2.24) is 5.16 Å². The zero-order valence-corrected chi connectivity index (χ0v) is 7.81. The normalized spacial score (nSPS) is 12.3. The summed E-state index contributed by atoms with van der Waals surface area (Å²) in [6, 6.07) is 10.2. The van der Waals surface area contributed by atoms with E-state index >= 15 is 0 Å². The first kappa shape index (κ1) is 8.81. The van der Waals surface area contributed by atoms with E-state index in [9.17, 15) is 0 Å². The van der Waals surface area contributed by atoms with Gasteiger partial charge in [-0.3, -0.25) is 0 Å². The van der Waals surface area contributed by atoms with Crippen molar-refractivity contribution in [3.05, 3.63) is 48.4 Å². The van der Waals surface area contributed by atoms with Crippen molar-refractivity contribution in [2.75, 3.05) is 11.9 Å². The molecular formula is C11H12N2O. The summed E-state index contributed by atoms with van der Waals surface area (Å²) in [7, 11) is 0. The zero-order chi connectivity index (χ0) is 9.64. The maximum absolute atomic E-state index is 4.33. The lowest BCUT2D eigenvalue weighted by molar-refractivity contribution is 0.420. The van der Waals surface area contributed by atoms with Crippen LogP contribution in [0.5, 0.6) is 0 Å². The second-order valence-corrected chi connectivity index (χ2v) is 3.02. The first-order valence-corrected chi connectivity index (χ1v) is 4.63. The number of fused-ring (bicyclic) bond motifs is 1. The van der Waals surface area contributed by atoms with Crippen molar-refractivity contribution in [2.24, 2.45) is 0 Å². The number of nitrogens with one attached hydrogen (secondary N) is 1. The van der Waals surface area contributed by atoms with E-state index in [-0.39, 0.29) is 0 Å². The molecular weight excluding hydrogens is 176 g/mol. The monoisotopic (exact) mass is 188 g/mol. The molecule has 0 fully saturated rings. The number of nitrogens with zero attached hydrogens (tertiary/aromatic N) is 1. The minimum atomic E-state index is 1.11. The molecule has 1 N–H and O–H groups in total. The van der Waals surface area contributed by atoms with Gasteiger partial charge in [-0.2, -0.15) is 0 Å². The first-order chi connectivity index (χ1) is 6.97. The van der Waals surface area contributed by atoms with Gasteiger partial charge in [0.05, 0.1) is 6.20 Å². The van der Waals surface area contributed by atoms with Crippen LogP contribution in [0.3, 0.4) is 0 Å². The number of aromatic nitrogens is 1. The van der Waals surface area contributed by atoms with Gasteiger partial charge in [0.15, 0.2) is 0 Å². The molecule has 0 atom stereocenters. The van der Waals surface area contributed by atoms with Gasteiger partial charge in [-0.15, -0.1) is 0 Å². The van der Waals surface area contributed by atoms with Crippen LogP contribution in [0.1, 0.15) is 5.56 Å². The van der Waals surface area contributed by atoms with Crippen molar-refractivity contribution in [2.45, 2.75) is 6.42 Å². The molecule has 14 heavy (non-hydrogen) atoms. The molecule has 0 amide bonds. The highest BCUT2D eigenvalue weighted by Crippen LogP contribution is 2.19. The second kappa shape index (κ2) is 4.46. The van der Waals surface area contributed by atoms with Crippen LogP contribution in [-0.4, -0.2) is 11.7 Å². The third-order valence-corrected chi connectivity index (χ3v) is 2.07. The Kier molecular flexibility index (Phi) is 2.81. The highest BCUT2D eigenvalue weighted by molar-refractivity contribution is 5.54. The van der Waals surface area contributed by atoms with Crippen LogP contribution in [-0.2, 0) is 6.42 Å². The molecule has 1 aromatic heterocycles. The number of hydrogen-bond acceptors (Lipinski definition) is 3. The minimum Gasteiger partial charge on any atom is -0.384 e. The molecule has 0 radical (unpaired) electrons. The summed E-state index contributed by atoms with van der Waals surface area (Å²) in [5.74, 6) is 0. The van der Waals surface area contributed by atoms with E-state index in [1.807, 2.05) is 0 Å². The van der Waals surface area contributed by atoms with E-state index in [1.54, 1.807) is 12.3 Å². The van der Waals surface area contributed by atoms with Crippen molar-refractivity contribution >= 4 is 5.69 Å². The van der Waals surface area contributed by atoms with E-state index in [0.717, 1.165) is 6.54 Å². The highest BCUT2D eigenvalue weighted by atomic mass is 16.5. The summed E-state index contributed by atoms with van der Waals surface area (Å²) in [5.41, 5.74) is 2.77. The molecule has 0 unspecified atom stereocenters. The van der Waals surface area contributed by atoms with Crippen molar-refractivity contribution in [1.29, 1.82) is 0 Å². The number of anilines is 1. The van der Waals surface area contributed by atoms with Crippen LogP contribution < -0.4 is 5.32 Å². The molecule has 0 aliphatic carbocycles. The molecule has 72 valence electrons. The molecule has 0 saturated carbocycles. The quantitative estimate of drug-likeness (QED) is 0.689. The fraction of sp³-hybridized carbons (Fsp3) is 0.182. The van der Waals surface area contributed by atoms with Crippen molar-refractivity contribution < 1.29 is 4.52 Å². The van der Waals surface area contributed by atoms with Gasteiger partial charge in [-0.1, -0.05) is 23.4 Å². The van der Waals surface area contributed by atoms with E-state index in [4.69, 9.17) is 0 Å². The van der Waals surface area contributed by atoms with E-state index in [0.29, 0.717) is 0 Å². The lowest BCUT2D eigenvalue weighted by Crippen LogP contribution is -1.90. The summed E-state index contributed by atoms with van der Waals surface area (Å²) >= 11 is 0. The summed E-state index contributed by atoms with van der Waals surface area (Å²) in [6.45, 7) is 1.11. The lowest BCUT2D eigenvalue weighted by atomic mass is 10.2. The predicted molar refractivity (Wildman–Crippen MR) is 55.1 cm³/mol. The summed E-state index contributed by atoms with van der Waals surface area (Å²) in [4.78, 5) is 0. The van der Waals surface area contributed by atoms with Crippen molar-refractivity contribution in [3.8, 4) is 0 Å². The van der Waals surface area contributed by atoms with Gasteiger partial charge in [-0.05, 0) is 24.1 Å². The van der Waals surface area contributed by atoms with Gasteiger partial charge < -0.3 is 9.84 Å². The Hall–Kier alpha value is -1.77. The third-order valence-electron chi connectivity index (χ3n) is 2.07. The molecule has 3 rings (SSSR count). The number of benzene rings is 1. The third kappa shape index (κ3) is 2.13. The zero-order valence-electron chi connectivity index (χ0n) is 7.81. The van der Waals surface area contributed by atoms with Crippen LogP contribution in [0, 0.1) is 0 Å². The van der Waals surface area contributed by atoms with Gasteiger partial charge in [0.25, 0.3) is 0 Å². The lowest BCUT2D eigenvalue weighted by Gasteiger charge is -1.94. The van der Waals surface area contributed by atoms with Gasteiger partial charge >= 0.3 is 0 Å². The predicted octanol–water partition coefficient (Wildman–Crippen LogP) is 2.33. The Bertz CT molecular complexity index is 330. The van der Waals surface area contributed by atoms with E-state index in [2.05, 4.69) is 39.3 Å². The molecule has 2 heterocycles. The minimum absolute atomic E-state index is 1.11. The SMILES string of the molecule is c1ccc2c(c1)CCN2.c1cnoc1. The second-order valence-electron chi connectivity index (χ2n) is 3.02. The maximum Gasteiger partial charge on any atom is 0.123 e. The molecule has 1 aliphatic rings. The Morgan fingerprint density at radius 1 is 1.21 bits per heavy atom. The molecule has 0 spiro atoms. The number of para-hydroxylation sites is 1. The summed E-state index contributed by atoms with van der Waals surface area (Å²) < 4.78 is 4.33. The van der Waals surface area contributed by atoms with Crippen molar-refractivity contribution in [3.63, 3.8) is 0 Å². The fourth-order valence-electron chi connectivity index (χ4n) is 1.42. The average Bonchev–Trinajstić information content (AvgIpc) is 2.92. The Morgan fingerprint density at radius 3 is 2.79 bits per heavy atom. The highest BCUT2D eigenvalue weighted by Gasteiger charge is 2.05. The Labute approximate surface area is 82.7 Å². The Balaban J connectivity index is 0.000000128. The van der Waals surface area contributed by atoms with E-state index in [1.165, 1.54) is 23.9 Å². The van der Waals surface area contributed by atoms with Gasteiger partial charge in [0, 0.05) is 12.2 Å². The summed E-state index contributed by atoms with van der Waals surface area (Å²) in [6.07, 6.45) is 4.29. The largest absolute Gasteiger partial charge is 0.384 e. The molecule has 0 bridgehead atoms. The molecule has 1 aliphatic heterocycles. The van der Waals surface area contributed by atoms with Crippen LogP contribution in [0.4, 0.5) is 5.69 Å². The van der Waals surface area contributed by atoms with Gasteiger partial charge in [-0.25, -0.2) is 0 Å². The van der Waals surface area contributed by atoms with Crippen LogP contribution in [0.2, 0.25) is 0 Å². The Morgan fingerprint density at radius 2 is 2.14 bits per heavy atom. The topological polar surface area (TPSA) is 38.1 Å². The smallest absolute Gasteiger partial charge is 0.123 e. The van der Waals surface area contributed by atoms with Gasteiger partial charge in [0.2, 0.25) is 0 Å². The van der Waals surface area contributed by atoms with E-state index < -0.39 is 0 Å². The number of rotatable bonds is 0. The average molecular weight is 188 g/mol. The summed E-state index contributed by atoms with van der Waals surface area (Å²) in [5, 5.41) is 6.65. The molecule has 1 aromatic carbocycles. The molecule has 3 heteroatoms. The number of hydrogen-bond donors (Lipinski definition) is 1. The van der Waals surface area contributed by atoms with Crippen LogP contribution >= 0.6 is 0 Å². The molecule has 2 aromatic rings. The molecule has 3 nitrogen and oxygen atoms in total. The van der Waals surface area contributed by atoms with Crippen LogP contribution in [0.25, 0.3) is 0 Å². The van der Waals surface area contributed by atoms with Gasteiger partial charge in [0.1, 0.15) is 6.26 Å². The maximum atomic E-state index is 4.33.